The van der Waals surface area contributed by atoms with Crippen LogP contribution in [0.5, 0.6) is 0 Å². The van der Waals surface area contributed by atoms with Gasteiger partial charge in [0.05, 0.1) is 10.7 Å². The first kappa shape index (κ1) is 26.7. The normalized spacial score (nSPS) is 14.8. The number of benzene rings is 2. The van der Waals surface area contributed by atoms with Gasteiger partial charge in [0.15, 0.2) is 0 Å². The van der Waals surface area contributed by atoms with Crippen LogP contribution in [0.15, 0.2) is 48.5 Å². The average Bonchev–Trinajstić information content (AvgIpc) is 2.86. The van der Waals surface area contributed by atoms with E-state index in [2.05, 4.69) is 5.32 Å². The Bertz CT molecular complexity index is 995. The summed E-state index contributed by atoms with van der Waals surface area (Å²) in [5.74, 6) is -0.000577. The Labute approximate surface area is 209 Å². The Morgan fingerprint density at radius 2 is 1.71 bits per heavy atom. The minimum Gasteiger partial charge on any atom is -0.352 e. The molecule has 2 aromatic carbocycles. The van der Waals surface area contributed by atoms with E-state index in [1.54, 1.807) is 29.2 Å². The van der Waals surface area contributed by atoms with Crippen LogP contribution in [-0.2, 0) is 21.9 Å². The molecule has 188 valence electrons. The van der Waals surface area contributed by atoms with Crippen molar-refractivity contribution >= 4 is 29.3 Å². The highest BCUT2D eigenvalue weighted by atomic mass is 32.2. The Morgan fingerprint density at radius 3 is 2.31 bits per heavy atom. The Hall–Kier alpha value is -2.94. The minimum absolute atomic E-state index is 0.0232. The van der Waals surface area contributed by atoms with Gasteiger partial charge >= 0.3 is 0 Å². The van der Waals surface area contributed by atoms with Crippen molar-refractivity contribution in [3.05, 3.63) is 75.6 Å². The predicted molar refractivity (Wildman–Crippen MR) is 135 cm³/mol. The highest BCUT2D eigenvalue weighted by Crippen LogP contribution is 2.21. The maximum atomic E-state index is 13.4. The van der Waals surface area contributed by atoms with Crippen LogP contribution in [0.2, 0.25) is 0 Å². The molecule has 0 aromatic heterocycles. The molecule has 1 aliphatic carbocycles. The van der Waals surface area contributed by atoms with E-state index < -0.39 is 11.0 Å². The number of carbonyl (C=O) groups excluding carboxylic acids is 2. The number of nitro benzene ring substituents is 1. The van der Waals surface area contributed by atoms with E-state index in [-0.39, 0.29) is 41.7 Å². The molecule has 2 amide bonds. The molecule has 0 saturated heterocycles. The SMILES string of the molecule is CC[C@@H](C(=O)NC1CCCCC1)N(Cc1ccc(F)cc1)C(=O)CSCc1ccc([N+](=O)[O-])cc1. The van der Waals surface area contributed by atoms with E-state index in [1.165, 1.54) is 42.4 Å². The number of halogens is 1. The molecule has 0 aliphatic heterocycles. The third kappa shape index (κ3) is 8.06. The molecule has 1 N–H and O–H groups in total. The van der Waals surface area contributed by atoms with E-state index in [0.29, 0.717) is 12.2 Å². The number of non-ortho nitro benzene ring substituents is 1. The molecular formula is C26H32FN3O4S. The van der Waals surface area contributed by atoms with Crippen molar-refractivity contribution in [2.75, 3.05) is 5.75 Å². The van der Waals surface area contributed by atoms with Crippen molar-refractivity contribution in [3.8, 4) is 0 Å². The number of carbonyl (C=O) groups is 2. The molecule has 0 radical (unpaired) electrons. The molecular weight excluding hydrogens is 469 g/mol. The van der Waals surface area contributed by atoms with Crippen molar-refractivity contribution < 1.29 is 18.9 Å². The maximum Gasteiger partial charge on any atom is 0.269 e. The van der Waals surface area contributed by atoms with Crippen molar-refractivity contribution in [2.45, 2.75) is 69.8 Å². The quantitative estimate of drug-likeness (QED) is 0.336. The summed E-state index contributed by atoms with van der Waals surface area (Å²) < 4.78 is 13.4. The van der Waals surface area contributed by atoms with Crippen LogP contribution in [0.25, 0.3) is 0 Å². The number of thioether (sulfide) groups is 1. The first-order chi connectivity index (χ1) is 16.9. The Morgan fingerprint density at radius 1 is 1.09 bits per heavy atom. The maximum absolute atomic E-state index is 13.4. The second-order valence-electron chi connectivity index (χ2n) is 8.83. The van der Waals surface area contributed by atoms with Gasteiger partial charge in [-0.2, -0.15) is 0 Å². The number of hydrogen-bond donors (Lipinski definition) is 1. The van der Waals surface area contributed by atoms with Crippen LogP contribution in [-0.4, -0.2) is 39.5 Å². The molecule has 0 heterocycles. The zero-order chi connectivity index (χ0) is 25.2. The lowest BCUT2D eigenvalue weighted by Crippen LogP contribution is -2.52. The van der Waals surface area contributed by atoms with E-state index >= 15 is 0 Å². The van der Waals surface area contributed by atoms with E-state index in [4.69, 9.17) is 0 Å². The number of nitrogens with zero attached hydrogens (tertiary/aromatic N) is 2. The van der Waals surface area contributed by atoms with Crippen molar-refractivity contribution in [3.63, 3.8) is 0 Å². The first-order valence-electron chi connectivity index (χ1n) is 12.0. The van der Waals surface area contributed by atoms with Gasteiger partial charge in [-0.1, -0.05) is 50.5 Å². The standard InChI is InChI=1S/C26H32FN3O4S/c1-2-24(26(32)28-22-6-4-3-5-7-22)29(16-19-8-12-21(27)13-9-19)25(31)18-35-17-20-10-14-23(15-11-20)30(33)34/h8-15,22,24H,2-7,16-18H2,1H3,(H,28,32)/t24-/m0/s1. The van der Waals surface area contributed by atoms with Crippen molar-refractivity contribution in [2.24, 2.45) is 0 Å². The molecule has 9 heteroatoms. The number of nitrogens with one attached hydrogen (secondary N) is 1. The molecule has 35 heavy (non-hydrogen) atoms. The number of rotatable bonds is 11. The summed E-state index contributed by atoms with van der Waals surface area (Å²) >= 11 is 1.39. The summed E-state index contributed by atoms with van der Waals surface area (Å²) in [6, 6.07) is 11.7. The fraction of sp³-hybridized carbons (Fsp3) is 0.462. The van der Waals surface area contributed by atoms with Gasteiger partial charge in [0, 0.05) is 30.5 Å². The van der Waals surface area contributed by atoms with E-state index in [1.807, 2.05) is 6.92 Å². The number of amides is 2. The zero-order valence-corrected chi connectivity index (χ0v) is 20.8. The molecule has 3 rings (SSSR count). The third-order valence-electron chi connectivity index (χ3n) is 6.25. The van der Waals surface area contributed by atoms with Crippen LogP contribution in [0.3, 0.4) is 0 Å². The van der Waals surface area contributed by atoms with Crippen molar-refractivity contribution in [1.29, 1.82) is 0 Å². The summed E-state index contributed by atoms with van der Waals surface area (Å²) in [5, 5.41) is 14.0. The molecule has 1 fully saturated rings. The minimum atomic E-state index is -0.616. The fourth-order valence-electron chi connectivity index (χ4n) is 4.30. The lowest BCUT2D eigenvalue weighted by Gasteiger charge is -2.32. The second-order valence-corrected chi connectivity index (χ2v) is 9.82. The summed E-state index contributed by atoms with van der Waals surface area (Å²) in [5.41, 5.74) is 1.65. The summed E-state index contributed by atoms with van der Waals surface area (Å²) in [6.45, 7) is 2.11. The first-order valence-corrected chi connectivity index (χ1v) is 13.2. The predicted octanol–water partition coefficient (Wildman–Crippen LogP) is 5.22. The van der Waals surface area contributed by atoms with Crippen LogP contribution < -0.4 is 5.32 Å². The molecule has 1 aliphatic rings. The largest absolute Gasteiger partial charge is 0.352 e. The molecule has 1 saturated carbocycles. The van der Waals surface area contributed by atoms with Gasteiger partial charge < -0.3 is 10.2 Å². The molecule has 2 aromatic rings. The smallest absolute Gasteiger partial charge is 0.269 e. The molecule has 0 bridgehead atoms. The van der Waals surface area contributed by atoms with Gasteiger partial charge in [0.2, 0.25) is 11.8 Å². The monoisotopic (exact) mass is 501 g/mol. The third-order valence-corrected chi connectivity index (χ3v) is 7.23. The van der Waals surface area contributed by atoms with Gasteiger partial charge in [-0.3, -0.25) is 19.7 Å². The van der Waals surface area contributed by atoms with E-state index in [9.17, 15) is 24.1 Å². The lowest BCUT2D eigenvalue weighted by molar-refractivity contribution is -0.384. The second kappa shape index (κ2) is 13.2. The van der Waals surface area contributed by atoms with Crippen LogP contribution in [0.1, 0.15) is 56.6 Å². The fourth-order valence-corrected chi connectivity index (χ4v) is 5.17. The Balaban J connectivity index is 1.67. The molecule has 7 nitrogen and oxygen atoms in total. The van der Waals surface area contributed by atoms with Crippen LogP contribution >= 0.6 is 11.8 Å². The van der Waals surface area contributed by atoms with Crippen LogP contribution in [0, 0.1) is 15.9 Å². The summed E-state index contributed by atoms with van der Waals surface area (Å²) in [6.07, 6.45) is 5.76. The lowest BCUT2D eigenvalue weighted by atomic mass is 9.95. The highest BCUT2D eigenvalue weighted by molar-refractivity contribution is 7.99. The van der Waals surface area contributed by atoms with Crippen molar-refractivity contribution in [1.82, 2.24) is 10.2 Å². The van der Waals surface area contributed by atoms with E-state index in [0.717, 1.165) is 36.8 Å². The van der Waals surface area contributed by atoms with Gasteiger partial charge in [0.1, 0.15) is 11.9 Å². The highest BCUT2D eigenvalue weighted by Gasteiger charge is 2.30. The van der Waals surface area contributed by atoms with Gasteiger partial charge in [-0.15, -0.1) is 11.8 Å². The topological polar surface area (TPSA) is 92.6 Å². The summed E-state index contributed by atoms with van der Waals surface area (Å²) in [4.78, 5) is 38.5. The molecule has 0 unspecified atom stereocenters. The zero-order valence-electron chi connectivity index (χ0n) is 20.0. The Kier molecular flexibility index (Phi) is 10.1. The van der Waals surface area contributed by atoms with Gasteiger partial charge in [-0.05, 0) is 42.5 Å². The number of hydrogen-bond acceptors (Lipinski definition) is 5. The molecule has 1 atom stereocenters. The van der Waals surface area contributed by atoms with Gasteiger partial charge in [-0.25, -0.2) is 4.39 Å². The molecule has 0 spiro atoms. The van der Waals surface area contributed by atoms with Crippen LogP contribution in [0.4, 0.5) is 10.1 Å². The summed E-state index contributed by atoms with van der Waals surface area (Å²) in [7, 11) is 0. The number of nitro groups is 1. The average molecular weight is 502 g/mol. The van der Waals surface area contributed by atoms with Gasteiger partial charge in [0.25, 0.3) is 5.69 Å².